The fourth-order valence-corrected chi connectivity index (χ4v) is 5.69. The lowest BCUT2D eigenvalue weighted by atomic mass is 9.71. The van der Waals surface area contributed by atoms with Gasteiger partial charge in [-0.15, -0.1) is 11.3 Å². The van der Waals surface area contributed by atoms with Crippen molar-refractivity contribution < 1.29 is 19.5 Å². The highest BCUT2D eigenvalue weighted by molar-refractivity contribution is 7.07. The standard InChI is InChI=1S/C26H29N5O4S/c32-15-23(34)31-9-5-26(6-10-31)13-20-11-19(14-27-24(20)29-25(26)35)1-2-22(33)30-7-3-18(4-8-30)12-21-16-36-17-28-21/h1-2,11-12,14,16-17,32H,3-10,13,15H2,(H,27,29,35). The number of hydrogen-bond donors (Lipinski definition) is 2. The zero-order valence-electron chi connectivity index (χ0n) is 20.0. The van der Waals surface area contributed by atoms with Crippen LogP contribution in [0.5, 0.6) is 0 Å². The first-order valence-electron chi connectivity index (χ1n) is 12.2. The molecule has 2 aromatic rings. The largest absolute Gasteiger partial charge is 0.387 e. The second-order valence-corrected chi connectivity index (χ2v) is 10.3. The Morgan fingerprint density at radius 2 is 1.92 bits per heavy atom. The molecule has 2 fully saturated rings. The van der Waals surface area contributed by atoms with E-state index in [0.717, 1.165) is 29.7 Å². The molecule has 5 rings (SSSR count). The number of fused-ring (bicyclic) bond motifs is 1. The van der Waals surface area contributed by atoms with Crippen LogP contribution in [0.2, 0.25) is 0 Å². The molecule has 0 aromatic carbocycles. The summed E-state index contributed by atoms with van der Waals surface area (Å²) in [6.45, 7) is 1.75. The Balaban J connectivity index is 1.21. The van der Waals surface area contributed by atoms with E-state index in [2.05, 4.69) is 21.4 Å². The van der Waals surface area contributed by atoms with Gasteiger partial charge in [-0.2, -0.15) is 0 Å². The second-order valence-electron chi connectivity index (χ2n) is 9.60. The Bertz CT molecular complexity index is 1200. The van der Waals surface area contributed by atoms with Gasteiger partial charge in [0.1, 0.15) is 12.4 Å². The number of aliphatic hydroxyl groups is 1. The van der Waals surface area contributed by atoms with E-state index in [1.54, 1.807) is 34.6 Å². The molecule has 0 atom stereocenters. The lowest BCUT2D eigenvalue weighted by molar-refractivity contribution is -0.140. The number of nitrogens with one attached hydrogen (secondary N) is 1. The van der Waals surface area contributed by atoms with Crippen LogP contribution in [-0.2, 0) is 20.8 Å². The Morgan fingerprint density at radius 1 is 1.14 bits per heavy atom. The van der Waals surface area contributed by atoms with Gasteiger partial charge in [-0.1, -0.05) is 5.57 Å². The highest BCUT2D eigenvalue weighted by Crippen LogP contribution is 2.41. The van der Waals surface area contributed by atoms with Crippen molar-refractivity contribution >= 4 is 47.0 Å². The Hall–Kier alpha value is -3.37. The highest BCUT2D eigenvalue weighted by atomic mass is 32.1. The van der Waals surface area contributed by atoms with E-state index in [-0.39, 0.29) is 17.7 Å². The van der Waals surface area contributed by atoms with Gasteiger partial charge < -0.3 is 20.2 Å². The van der Waals surface area contributed by atoms with Crippen LogP contribution in [0.15, 0.2) is 34.8 Å². The van der Waals surface area contributed by atoms with Crippen LogP contribution in [0.4, 0.5) is 5.82 Å². The summed E-state index contributed by atoms with van der Waals surface area (Å²) < 4.78 is 0. The summed E-state index contributed by atoms with van der Waals surface area (Å²) in [6.07, 6.45) is 10.5. The fourth-order valence-electron chi connectivity index (χ4n) is 5.17. The molecule has 3 aliphatic rings. The van der Waals surface area contributed by atoms with Crippen LogP contribution in [0.3, 0.4) is 0 Å². The Morgan fingerprint density at radius 3 is 2.61 bits per heavy atom. The van der Waals surface area contributed by atoms with Crippen LogP contribution in [0.25, 0.3) is 12.2 Å². The van der Waals surface area contributed by atoms with Crippen molar-refractivity contribution in [3.63, 3.8) is 0 Å². The van der Waals surface area contributed by atoms with E-state index in [0.29, 0.717) is 51.3 Å². The number of rotatable bonds is 4. The van der Waals surface area contributed by atoms with Crippen LogP contribution >= 0.6 is 11.3 Å². The maximum Gasteiger partial charge on any atom is 0.248 e. The molecule has 2 aromatic heterocycles. The number of piperidine rings is 2. The SMILES string of the molecule is O=C(C=Cc1cnc2c(c1)CC1(CCN(C(=O)CO)CC1)C(=O)N2)N1CCC(=Cc2cscn2)CC1. The van der Waals surface area contributed by atoms with Gasteiger partial charge >= 0.3 is 0 Å². The lowest BCUT2D eigenvalue weighted by Crippen LogP contribution is -2.51. The molecule has 10 heteroatoms. The van der Waals surface area contributed by atoms with E-state index in [9.17, 15) is 14.4 Å². The van der Waals surface area contributed by atoms with Gasteiger partial charge in [0.25, 0.3) is 0 Å². The first-order chi connectivity index (χ1) is 17.5. The normalized spacial score (nSPS) is 19.4. The third-order valence-corrected chi connectivity index (χ3v) is 7.98. The molecule has 5 heterocycles. The summed E-state index contributed by atoms with van der Waals surface area (Å²) in [7, 11) is 0. The summed E-state index contributed by atoms with van der Waals surface area (Å²) in [5.41, 5.74) is 5.27. The van der Waals surface area contributed by atoms with Crippen LogP contribution in [0.1, 0.15) is 42.5 Å². The van der Waals surface area contributed by atoms with Gasteiger partial charge in [0.15, 0.2) is 0 Å². The summed E-state index contributed by atoms with van der Waals surface area (Å²) in [6, 6.07) is 1.98. The summed E-state index contributed by atoms with van der Waals surface area (Å²) in [5.74, 6) is 0.163. The predicted molar refractivity (Wildman–Crippen MR) is 137 cm³/mol. The first kappa shape index (κ1) is 24.3. The first-order valence-corrected chi connectivity index (χ1v) is 13.1. The third-order valence-electron chi connectivity index (χ3n) is 7.38. The number of thiazole rings is 1. The molecule has 36 heavy (non-hydrogen) atoms. The summed E-state index contributed by atoms with van der Waals surface area (Å²) in [5, 5.41) is 14.1. The quantitative estimate of drug-likeness (QED) is 0.614. The topological polar surface area (TPSA) is 116 Å². The van der Waals surface area contributed by atoms with E-state index in [1.165, 1.54) is 5.57 Å². The molecule has 2 saturated heterocycles. The van der Waals surface area contributed by atoms with E-state index in [4.69, 9.17) is 5.11 Å². The summed E-state index contributed by atoms with van der Waals surface area (Å²) in [4.78, 5) is 49.6. The molecule has 0 unspecified atom stereocenters. The zero-order valence-corrected chi connectivity index (χ0v) is 20.8. The third kappa shape index (κ3) is 5.10. The number of carbonyl (C=O) groups excluding carboxylic acids is 3. The molecule has 2 N–H and O–H groups in total. The van der Waals surface area contributed by atoms with Gasteiger partial charge in [0.2, 0.25) is 17.7 Å². The number of nitrogens with zero attached hydrogens (tertiary/aromatic N) is 4. The number of likely N-dealkylation sites (tertiary alicyclic amines) is 2. The van der Waals surface area contributed by atoms with E-state index >= 15 is 0 Å². The van der Waals surface area contributed by atoms with Crippen molar-refractivity contribution in [1.29, 1.82) is 0 Å². The average Bonchev–Trinajstić information content (AvgIpc) is 3.41. The molecule has 1 spiro atoms. The molecule has 0 bridgehead atoms. The number of aromatic nitrogens is 2. The maximum atomic E-state index is 12.9. The van der Waals surface area contributed by atoms with E-state index in [1.807, 2.05) is 21.9 Å². The van der Waals surface area contributed by atoms with Crippen molar-refractivity contribution in [3.8, 4) is 0 Å². The molecule has 0 radical (unpaired) electrons. The lowest BCUT2D eigenvalue weighted by Gasteiger charge is -2.42. The number of amides is 3. The molecule has 3 amide bonds. The van der Waals surface area contributed by atoms with Crippen molar-refractivity contribution in [2.75, 3.05) is 38.1 Å². The molecule has 3 aliphatic heterocycles. The minimum atomic E-state index is -0.587. The molecular formula is C26H29N5O4S. The van der Waals surface area contributed by atoms with Crippen molar-refractivity contribution in [2.45, 2.75) is 32.1 Å². The summed E-state index contributed by atoms with van der Waals surface area (Å²) >= 11 is 1.58. The maximum absolute atomic E-state index is 12.9. The number of aliphatic hydroxyl groups excluding tert-OH is 1. The molecule has 9 nitrogen and oxygen atoms in total. The van der Waals surface area contributed by atoms with Gasteiger partial charge in [-0.25, -0.2) is 9.97 Å². The average molecular weight is 508 g/mol. The molecular weight excluding hydrogens is 478 g/mol. The van der Waals surface area contributed by atoms with Gasteiger partial charge in [0, 0.05) is 43.8 Å². The minimum Gasteiger partial charge on any atom is -0.387 e. The molecule has 0 saturated carbocycles. The highest BCUT2D eigenvalue weighted by Gasteiger charge is 2.45. The second kappa shape index (κ2) is 10.3. The number of pyridine rings is 1. The van der Waals surface area contributed by atoms with Gasteiger partial charge in [-0.3, -0.25) is 14.4 Å². The fraction of sp³-hybridized carbons (Fsp3) is 0.423. The van der Waals surface area contributed by atoms with Gasteiger partial charge in [-0.05, 0) is 61.4 Å². The van der Waals surface area contributed by atoms with Crippen LogP contribution < -0.4 is 5.32 Å². The van der Waals surface area contributed by atoms with Gasteiger partial charge in [0.05, 0.1) is 16.6 Å². The Kier molecular flexibility index (Phi) is 6.97. The Labute approximate surface area is 213 Å². The number of anilines is 1. The van der Waals surface area contributed by atoms with Crippen molar-refractivity contribution in [1.82, 2.24) is 19.8 Å². The van der Waals surface area contributed by atoms with Crippen LogP contribution in [-0.4, -0.2) is 75.4 Å². The molecule has 188 valence electrons. The molecule has 0 aliphatic carbocycles. The minimum absolute atomic E-state index is 0.0221. The van der Waals surface area contributed by atoms with E-state index < -0.39 is 12.0 Å². The monoisotopic (exact) mass is 507 g/mol. The zero-order chi connectivity index (χ0) is 25.1. The predicted octanol–water partition coefficient (Wildman–Crippen LogP) is 2.35. The number of hydrogen-bond acceptors (Lipinski definition) is 7. The van der Waals surface area contributed by atoms with Crippen molar-refractivity contribution in [3.05, 3.63) is 51.6 Å². The van der Waals surface area contributed by atoms with Crippen molar-refractivity contribution in [2.24, 2.45) is 5.41 Å². The number of carbonyl (C=O) groups is 3. The van der Waals surface area contributed by atoms with Crippen LogP contribution in [0, 0.1) is 5.41 Å². The smallest absolute Gasteiger partial charge is 0.248 e.